The highest BCUT2D eigenvalue weighted by Crippen LogP contribution is 2.20. The SMILES string of the molecule is COC(C)C(N)c1ccc2ncccc2c1. The minimum absolute atomic E-state index is 0.00845. The van der Waals surface area contributed by atoms with Crippen molar-refractivity contribution in [2.24, 2.45) is 5.73 Å². The summed E-state index contributed by atoms with van der Waals surface area (Å²) in [5.74, 6) is 0. The number of fused-ring (bicyclic) bond motifs is 1. The van der Waals surface area contributed by atoms with Crippen LogP contribution in [0.2, 0.25) is 0 Å². The lowest BCUT2D eigenvalue weighted by molar-refractivity contribution is 0.0957. The van der Waals surface area contributed by atoms with E-state index in [1.165, 1.54) is 0 Å². The van der Waals surface area contributed by atoms with E-state index in [2.05, 4.69) is 11.1 Å². The van der Waals surface area contributed by atoms with Crippen molar-refractivity contribution in [2.75, 3.05) is 7.11 Å². The van der Waals surface area contributed by atoms with Gasteiger partial charge in [0, 0.05) is 18.7 Å². The molecule has 3 heteroatoms. The molecule has 1 aromatic carbocycles. The number of methoxy groups -OCH3 is 1. The molecule has 0 aliphatic heterocycles. The number of hydrogen-bond donors (Lipinski definition) is 1. The average Bonchev–Trinajstić information content (AvgIpc) is 2.36. The van der Waals surface area contributed by atoms with E-state index in [9.17, 15) is 0 Å². The van der Waals surface area contributed by atoms with Crippen molar-refractivity contribution in [1.82, 2.24) is 4.98 Å². The van der Waals surface area contributed by atoms with Gasteiger partial charge in [-0.05, 0) is 30.7 Å². The molecule has 0 bridgehead atoms. The Hall–Kier alpha value is -1.45. The van der Waals surface area contributed by atoms with Crippen molar-refractivity contribution in [3.05, 3.63) is 42.1 Å². The third kappa shape index (κ3) is 2.05. The molecule has 0 radical (unpaired) electrons. The van der Waals surface area contributed by atoms with Crippen LogP contribution in [0.15, 0.2) is 36.5 Å². The third-order valence-corrected chi connectivity index (χ3v) is 2.89. The first kappa shape index (κ1) is 11.0. The molecule has 2 unspecified atom stereocenters. The summed E-state index contributed by atoms with van der Waals surface area (Å²) in [4.78, 5) is 4.27. The minimum atomic E-state index is -0.102. The van der Waals surface area contributed by atoms with Gasteiger partial charge in [-0.25, -0.2) is 0 Å². The molecule has 1 heterocycles. The van der Waals surface area contributed by atoms with Gasteiger partial charge in [-0.15, -0.1) is 0 Å². The molecule has 2 rings (SSSR count). The van der Waals surface area contributed by atoms with Gasteiger partial charge in [-0.1, -0.05) is 12.1 Å². The van der Waals surface area contributed by atoms with E-state index in [0.29, 0.717) is 0 Å². The quantitative estimate of drug-likeness (QED) is 0.856. The number of nitrogens with zero attached hydrogens (tertiary/aromatic N) is 1. The Morgan fingerprint density at radius 2 is 2.12 bits per heavy atom. The highest BCUT2D eigenvalue weighted by atomic mass is 16.5. The van der Waals surface area contributed by atoms with E-state index in [0.717, 1.165) is 16.5 Å². The number of aromatic nitrogens is 1. The molecular formula is C13H16N2O. The topological polar surface area (TPSA) is 48.1 Å². The van der Waals surface area contributed by atoms with Crippen molar-refractivity contribution in [3.63, 3.8) is 0 Å². The van der Waals surface area contributed by atoms with Gasteiger partial charge in [-0.2, -0.15) is 0 Å². The van der Waals surface area contributed by atoms with Crippen LogP contribution in [0.4, 0.5) is 0 Å². The van der Waals surface area contributed by atoms with E-state index in [1.54, 1.807) is 13.3 Å². The number of hydrogen-bond acceptors (Lipinski definition) is 3. The maximum absolute atomic E-state index is 6.09. The second kappa shape index (κ2) is 4.60. The number of benzene rings is 1. The zero-order valence-electron chi connectivity index (χ0n) is 9.55. The summed E-state index contributed by atoms with van der Waals surface area (Å²) in [7, 11) is 1.67. The molecule has 3 nitrogen and oxygen atoms in total. The lowest BCUT2D eigenvalue weighted by atomic mass is 10.0. The molecule has 0 fully saturated rings. The summed E-state index contributed by atoms with van der Waals surface area (Å²) in [6.45, 7) is 1.97. The van der Waals surface area contributed by atoms with E-state index < -0.39 is 0 Å². The molecule has 0 aliphatic carbocycles. The number of ether oxygens (including phenoxy) is 1. The first-order valence-electron chi connectivity index (χ1n) is 5.35. The predicted molar refractivity (Wildman–Crippen MR) is 65.1 cm³/mol. The minimum Gasteiger partial charge on any atom is -0.380 e. The van der Waals surface area contributed by atoms with E-state index in [1.807, 2.05) is 31.2 Å². The van der Waals surface area contributed by atoms with Gasteiger partial charge >= 0.3 is 0 Å². The first-order valence-corrected chi connectivity index (χ1v) is 5.35. The van der Waals surface area contributed by atoms with E-state index in [-0.39, 0.29) is 12.1 Å². The van der Waals surface area contributed by atoms with Gasteiger partial charge in [0.15, 0.2) is 0 Å². The Morgan fingerprint density at radius 1 is 1.31 bits per heavy atom. The van der Waals surface area contributed by atoms with Crippen LogP contribution in [0, 0.1) is 0 Å². The van der Waals surface area contributed by atoms with Crippen molar-refractivity contribution in [1.29, 1.82) is 0 Å². The van der Waals surface area contributed by atoms with Crippen LogP contribution in [-0.4, -0.2) is 18.2 Å². The lowest BCUT2D eigenvalue weighted by Gasteiger charge is -2.19. The summed E-state index contributed by atoms with van der Waals surface area (Å²) in [5, 5.41) is 1.11. The fraction of sp³-hybridized carbons (Fsp3) is 0.308. The van der Waals surface area contributed by atoms with Gasteiger partial charge in [-0.3, -0.25) is 4.98 Å². The second-order valence-corrected chi connectivity index (χ2v) is 3.92. The zero-order chi connectivity index (χ0) is 11.5. The molecule has 84 valence electrons. The fourth-order valence-electron chi connectivity index (χ4n) is 1.72. The Labute approximate surface area is 95.2 Å². The van der Waals surface area contributed by atoms with Crippen LogP contribution in [0.1, 0.15) is 18.5 Å². The fourth-order valence-corrected chi connectivity index (χ4v) is 1.72. The second-order valence-electron chi connectivity index (χ2n) is 3.92. The van der Waals surface area contributed by atoms with Gasteiger partial charge in [0.05, 0.1) is 17.7 Å². The molecule has 2 aromatic rings. The van der Waals surface area contributed by atoms with Gasteiger partial charge in [0.1, 0.15) is 0 Å². The lowest BCUT2D eigenvalue weighted by Crippen LogP contribution is -2.25. The maximum Gasteiger partial charge on any atom is 0.0735 e. The molecule has 2 N–H and O–H groups in total. The molecule has 0 amide bonds. The van der Waals surface area contributed by atoms with Crippen molar-refractivity contribution in [3.8, 4) is 0 Å². The van der Waals surface area contributed by atoms with Crippen LogP contribution >= 0.6 is 0 Å². The smallest absolute Gasteiger partial charge is 0.0735 e. The Balaban J connectivity index is 2.39. The average molecular weight is 216 g/mol. The summed E-state index contributed by atoms with van der Waals surface area (Å²) in [5.41, 5.74) is 8.16. The van der Waals surface area contributed by atoms with Crippen LogP contribution in [0.3, 0.4) is 0 Å². The van der Waals surface area contributed by atoms with Crippen LogP contribution in [-0.2, 0) is 4.74 Å². The third-order valence-electron chi connectivity index (χ3n) is 2.89. The number of nitrogens with two attached hydrogens (primary N) is 1. The van der Waals surface area contributed by atoms with Crippen LogP contribution in [0.25, 0.3) is 10.9 Å². The summed E-state index contributed by atoms with van der Waals surface area (Å²) in [6, 6.07) is 9.94. The molecule has 1 aromatic heterocycles. The largest absolute Gasteiger partial charge is 0.380 e. The first-order chi connectivity index (χ1) is 7.72. The van der Waals surface area contributed by atoms with Crippen molar-refractivity contribution in [2.45, 2.75) is 19.1 Å². The van der Waals surface area contributed by atoms with E-state index in [4.69, 9.17) is 10.5 Å². The van der Waals surface area contributed by atoms with E-state index >= 15 is 0 Å². The summed E-state index contributed by atoms with van der Waals surface area (Å²) < 4.78 is 5.24. The monoisotopic (exact) mass is 216 g/mol. The van der Waals surface area contributed by atoms with Gasteiger partial charge in [0.25, 0.3) is 0 Å². The molecular weight excluding hydrogens is 200 g/mol. The Kier molecular flexibility index (Phi) is 3.17. The molecule has 16 heavy (non-hydrogen) atoms. The van der Waals surface area contributed by atoms with Gasteiger partial charge < -0.3 is 10.5 Å². The zero-order valence-corrected chi connectivity index (χ0v) is 9.55. The van der Waals surface area contributed by atoms with Gasteiger partial charge in [0.2, 0.25) is 0 Å². The van der Waals surface area contributed by atoms with Crippen LogP contribution < -0.4 is 5.73 Å². The molecule has 0 spiro atoms. The highest BCUT2D eigenvalue weighted by Gasteiger charge is 2.14. The highest BCUT2D eigenvalue weighted by molar-refractivity contribution is 5.79. The summed E-state index contributed by atoms with van der Waals surface area (Å²) >= 11 is 0. The standard InChI is InChI=1S/C13H16N2O/c1-9(16-2)13(14)11-5-6-12-10(8-11)4-3-7-15-12/h3-9,13H,14H2,1-2H3. The van der Waals surface area contributed by atoms with Crippen LogP contribution in [0.5, 0.6) is 0 Å². The molecule has 0 saturated heterocycles. The molecule has 0 saturated carbocycles. The Morgan fingerprint density at radius 3 is 2.88 bits per heavy atom. The molecule has 2 atom stereocenters. The van der Waals surface area contributed by atoms with Crippen molar-refractivity contribution < 1.29 is 4.74 Å². The van der Waals surface area contributed by atoms with Crippen molar-refractivity contribution >= 4 is 10.9 Å². The normalized spacial score (nSPS) is 14.9. The maximum atomic E-state index is 6.09. The Bertz CT molecular complexity index is 484. The summed E-state index contributed by atoms with van der Waals surface area (Å²) in [6.07, 6.45) is 1.80. The molecule has 0 aliphatic rings. The predicted octanol–water partition coefficient (Wildman–Crippen LogP) is 2.27. The number of rotatable bonds is 3. The number of pyridine rings is 1.